The van der Waals surface area contributed by atoms with Crippen molar-refractivity contribution in [3.63, 3.8) is 0 Å². The maximum absolute atomic E-state index is 5.63. The summed E-state index contributed by atoms with van der Waals surface area (Å²) in [4.78, 5) is 4.63. The number of benzene rings is 1. The quantitative estimate of drug-likeness (QED) is 0.847. The third-order valence-electron chi connectivity index (χ3n) is 4.49. The predicted molar refractivity (Wildman–Crippen MR) is 96.4 cm³/mol. The summed E-state index contributed by atoms with van der Waals surface area (Å²) in [5.41, 5.74) is 1.21. The molecule has 23 heavy (non-hydrogen) atoms. The Morgan fingerprint density at radius 3 is 2.87 bits per heavy atom. The van der Waals surface area contributed by atoms with E-state index in [2.05, 4.69) is 27.2 Å². The van der Waals surface area contributed by atoms with Crippen molar-refractivity contribution < 1.29 is 9.47 Å². The van der Waals surface area contributed by atoms with Gasteiger partial charge in [-0.3, -0.25) is 0 Å². The highest BCUT2D eigenvalue weighted by Gasteiger charge is 2.21. The van der Waals surface area contributed by atoms with Crippen LogP contribution in [0.1, 0.15) is 12.8 Å². The Balaban J connectivity index is 1.46. The molecule has 1 N–H and O–H groups in total. The van der Waals surface area contributed by atoms with E-state index in [0.29, 0.717) is 6.10 Å². The van der Waals surface area contributed by atoms with Crippen molar-refractivity contribution in [3.05, 3.63) is 24.3 Å². The summed E-state index contributed by atoms with van der Waals surface area (Å²) in [5, 5.41) is 4.21. The summed E-state index contributed by atoms with van der Waals surface area (Å²) >= 11 is 5.52. The number of thiocarbonyl (C=S) groups is 1. The Morgan fingerprint density at radius 1 is 1.35 bits per heavy atom. The molecule has 2 aliphatic rings. The third kappa shape index (κ3) is 4.26. The van der Waals surface area contributed by atoms with Gasteiger partial charge in [0.15, 0.2) is 5.11 Å². The number of nitrogens with zero attached hydrogens (tertiary/aromatic N) is 2. The van der Waals surface area contributed by atoms with E-state index in [1.54, 1.807) is 7.11 Å². The second kappa shape index (κ2) is 7.84. The molecule has 0 aromatic heterocycles. The van der Waals surface area contributed by atoms with Crippen LogP contribution in [0.5, 0.6) is 5.75 Å². The van der Waals surface area contributed by atoms with E-state index < -0.39 is 0 Å². The van der Waals surface area contributed by atoms with E-state index in [4.69, 9.17) is 21.7 Å². The van der Waals surface area contributed by atoms with Gasteiger partial charge in [0.25, 0.3) is 0 Å². The van der Waals surface area contributed by atoms with Crippen molar-refractivity contribution in [1.29, 1.82) is 0 Å². The Hall–Kier alpha value is -1.53. The summed E-state index contributed by atoms with van der Waals surface area (Å²) in [7, 11) is 1.70. The number of hydrogen-bond acceptors (Lipinski definition) is 4. The molecule has 0 spiro atoms. The number of piperazine rings is 1. The molecule has 2 aliphatic heterocycles. The van der Waals surface area contributed by atoms with E-state index in [9.17, 15) is 0 Å². The molecule has 1 unspecified atom stereocenters. The summed E-state index contributed by atoms with van der Waals surface area (Å²) in [6, 6.07) is 8.23. The monoisotopic (exact) mass is 335 g/mol. The predicted octanol–water partition coefficient (Wildman–Crippen LogP) is 1.87. The van der Waals surface area contributed by atoms with E-state index >= 15 is 0 Å². The van der Waals surface area contributed by atoms with Gasteiger partial charge in [-0.1, -0.05) is 6.07 Å². The minimum absolute atomic E-state index is 0.325. The molecule has 6 heteroatoms. The van der Waals surface area contributed by atoms with Crippen LogP contribution < -0.4 is 15.0 Å². The zero-order valence-electron chi connectivity index (χ0n) is 13.7. The van der Waals surface area contributed by atoms with Crippen LogP contribution in [0.4, 0.5) is 5.69 Å². The van der Waals surface area contributed by atoms with Crippen molar-refractivity contribution in [3.8, 4) is 5.75 Å². The topological polar surface area (TPSA) is 37.0 Å². The fourth-order valence-corrected chi connectivity index (χ4v) is 3.36. The Morgan fingerprint density at radius 2 is 2.17 bits per heavy atom. The molecule has 2 saturated heterocycles. The molecule has 2 fully saturated rings. The normalized spacial score (nSPS) is 21.3. The maximum atomic E-state index is 5.63. The fourth-order valence-electron chi connectivity index (χ4n) is 3.09. The zero-order chi connectivity index (χ0) is 16.1. The van der Waals surface area contributed by atoms with Gasteiger partial charge in [0, 0.05) is 51.1 Å². The second-order valence-electron chi connectivity index (χ2n) is 6.00. The van der Waals surface area contributed by atoms with Crippen molar-refractivity contribution in [2.24, 2.45) is 0 Å². The number of nitrogens with one attached hydrogen (secondary N) is 1. The lowest BCUT2D eigenvalue weighted by Gasteiger charge is -2.37. The third-order valence-corrected chi connectivity index (χ3v) is 4.89. The molecule has 1 aromatic carbocycles. The minimum atomic E-state index is 0.325. The lowest BCUT2D eigenvalue weighted by atomic mass is 10.2. The molecule has 2 heterocycles. The maximum Gasteiger partial charge on any atom is 0.169 e. The van der Waals surface area contributed by atoms with Gasteiger partial charge in [0.1, 0.15) is 5.75 Å². The van der Waals surface area contributed by atoms with E-state index in [1.165, 1.54) is 12.1 Å². The van der Waals surface area contributed by atoms with Gasteiger partial charge in [-0.2, -0.15) is 0 Å². The molecule has 1 atom stereocenters. The van der Waals surface area contributed by atoms with Crippen LogP contribution in [0, 0.1) is 0 Å². The van der Waals surface area contributed by atoms with E-state index in [0.717, 1.165) is 56.6 Å². The van der Waals surface area contributed by atoms with E-state index in [-0.39, 0.29) is 0 Å². The van der Waals surface area contributed by atoms with Crippen LogP contribution in [0.3, 0.4) is 0 Å². The Labute approximate surface area is 143 Å². The van der Waals surface area contributed by atoms with Crippen LogP contribution >= 0.6 is 12.2 Å². The lowest BCUT2D eigenvalue weighted by Crippen LogP contribution is -2.52. The second-order valence-corrected chi connectivity index (χ2v) is 6.38. The molecule has 0 amide bonds. The highest BCUT2D eigenvalue weighted by molar-refractivity contribution is 7.80. The Bertz CT molecular complexity index is 526. The first-order valence-corrected chi connectivity index (χ1v) is 8.70. The van der Waals surface area contributed by atoms with Gasteiger partial charge in [-0.25, -0.2) is 0 Å². The summed E-state index contributed by atoms with van der Waals surface area (Å²) in [6.07, 6.45) is 2.63. The van der Waals surface area contributed by atoms with Crippen molar-refractivity contribution in [2.75, 3.05) is 51.3 Å². The highest BCUT2D eigenvalue weighted by atomic mass is 32.1. The largest absolute Gasteiger partial charge is 0.497 e. The average Bonchev–Trinajstić information content (AvgIpc) is 3.13. The van der Waals surface area contributed by atoms with E-state index in [1.807, 2.05) is 12.1 Å². The van der Waals surface area contributed by atoms with Crippen LogP contribution in [0.15, 0.2) is 24.3 Å². The molecule has 5 nitrogen and oxygen atoms in total. The highest BCUT2D eigenvalue weighted by Crippen LogP contribution is 2.22. The van der Waals surface area contributed by atoms with Crippen molar-refractivity contribution >= 4 is 23.0 Å². The summed E-state index contributed by atoms with van der Waals surface area (Å²) in [5.74, 6) is 0.902. The molecule has 3 rings (SSSR count). The molecule has 126 valence electrons. The number of hydrogen-bond donors (Lipinski definition) is 1. The van der Waals surface area contributed by atoms with Crippen LogP contribution in [-0.4, -0.2) is 62.6 Å². The summed E-state index contributed by atoms with van der Waals surface area (Å²) in [6.45, 7) is 5.53. The van der Waals surface area contributed by atoms with Crippen LogP contribution in [0.2, 0.25) is 0 Å². The lowest BCUT2D eigenvalue weighted by molar-refractivity contribution is 0.113. The van der Waals surface area contributed by atoms with Gasteiger partial charge < -0.3 is 24.6 Å². The number of methoxy groups -OCH3 is 1. The molecular formula is C17H25N3O2S. The first-order valence-electron chi connectivity index (χ1n) is 8.29. The molecular weight excluding hydrogens is 310 g/mol. The SMILES string of the molecule is COc1cccc(N2CCN(C(=S)NCC3CCCO3)CC2)c1. The summed E-state index contributed by atoms with van der Waals surface area (Å²) < 4.78 is 10.9. The van der Waals surface area contributed by atoms with Gasteiger partial charge in [0.2, 0.25) is 0 Å². The Kier molecular flexibility index (Phi) is 5.56. The average molecular weight is 335 g/mol. The van der Waals surface area contributed by atoms with Gasteiger partial charge in [-0.05, 0) is 37.2 Å². The van der Waals surface area contributed by atoms with Crippen LogP contribution in [0.25, 0.3) is 0 Å². The standard InChI is InChI=1S/C17H25N3O2S/c1-21-15-5-2-4-14(12-15)19-7-9-20(10-8-19)17(23)18-13-16-6-3-11-22-16/h2,4-5,12,16H,3,6-11,13H2,1H3,(H,18,23). The minimum Gasteiger partial charge on any atom is -0.497 e. The molecule has 0 bridgehead atoms. The number of ether oxygens (including phenoxy) is 2. The van der Waals surface area contributed by atoms with Crippen molar-refractivity contribution in [1.82, 2.24) is 10.2 Å². The first kappa shape index (κ1) is 16.3. The van der Waals surface area contributed by atoms with Crippen molar-refractivity contribution in [2.45, 2.75) is 18.9 Å². The number of rotatable bonds is 4. The first-order chi connectivity index (χ1) is 11.3. The fraction of sp³-hybridized carbons (Fsp3) is 0.588. The van der Waals surface area contributed by atoms with Gasteiger partial charge in [-0.15, -0.1) is 0 Å². The van der Waals surface area contributed by atoms with Gasteiger partial charge in [0.05, 0.1) is 13.2 Å². The zero-order valence-corrected chi connectivity index (χ0v) is 14.5. The van der Waals surface area contributed by atoms with Crippen LogP contribution in [-0.2, 0) is 4.74 Å². The molecule has 0 aliphatic carbocycles. The van der Waals surface area contributed by atoms with Gasteiger partial charge >= 0.3 is 0 Å². The molecule has 1 aromatic rings. The number of anilines is 1. The molecule has 0 saturated carbocycles. The molecule has 0 radical (unpaired) electrons. The smallest absolute Gasteiger partial charge is 0.169 e.